The van der Waals surface area contributed by atoms with Crippen LogP contribution in [0.1, 0.15) is 31.3 Å². The van der Waals surface area contributed by atoms with Crippen molar-refractivity contribution in [3.05, 3.63) is 89.3 Å². The summed E-state index contributed by atoms with van der Waals surface area (Å²) in [6.07, 6.45) is 0. The second-order valence-electron chi connectivity index (χ2n) is 7.46. The molecule has 1 N–H and O–H groups in total. The van der Waals surface area contributed by atoms with Gasteiger partial charge in [-0.05, 0) is 55.1 Å². The molecule has 1 atom stereocenters. The number of benzene rings is 2. The van der Waals surface area contributed by atoms with Gasteiger partial charge in [0.2, 0.25) is 5.82 Å². The topological polar surface area (TPSA) is 80.5 Å². The Morgan fingerprint density at radius 2 is 1.88 bits per heavy atom. The molecule has 3 heterocycles. The highest BCUT2D eigenvalue weighted by Gasteiger charge is 2.36. The van der Waals surface area contributed by atoms with Crippen molar-refractivity contribution in [2.24, 2.45) is 0 Å². The van der Waals surface area contributed by atoms with Gasteiger partial charge >= 0.3 is 6.03 Å². The van der Waals surface area contributed by atoms with E-state index >= 15 is 0 Å². The molecule has 2 aromatic carbocycles. The lowest BCUT2D eigenvalue weighted by Gasteiger charge is -2.35. The molecule has 2 aromatic heterocycles. The number of hydrogen-bond donors (Lipinski definition) is 1. The number of hydrogen-bond acceptors (Lipinski definition) is 6. The molecule has 2 amide bonds. The highest BCUT2D eigenvalue weighted by Crippen LogP contribution is 2.39. The number of urea groups is 1. The van der Waals surface area contributed by atoms with Crippen LogP contribution in [-0.2, 0) is 0 Å². The molecule has 33 heavy (non-hydrogen) atoms. The average molecular weight is 459 g/mol. The number of para-hydroxylation sites is 1. The van der Waals surface area contributed by atoms with Gasteiger partial charge in [-0.1, -0.05) is 41.6 Å². The molecule has 1 unspecified atom stereocenters. The van der Waals surface area contributed by atoms with E-state index in [2.05, 4.69) is 15.5 Å². The molecule has 7 nitrogen and oxygen atoms in total. The number of nitrogens with zero attached hydrogens (tertiary/aromatic N) is 3. The second kappa shape index (κ2) is 8.91. The van der Waals surface area contributed by atoms with Gasteiger partial charge in [-0.25, -0.2) is 4.79 Å². The zero-order valence-corrected chi connectivity index (χ0v) is 19.0. The predicted octanol–water partition coefficient (Wildman–Crippen LogP) is 5.90. The van der Waals surface area contributed by atoms with E-state index in [1.54, 1.807) is 16.2 Å². The lowest BCUT2D eigenvalue weighted by Crippen LogP contribution is -2.46. The van der Waals surface area contributed by atoms with Gasteiger partial charge in [0.25, 0.3) is 5.89 Å². The monoisotopic (exact) mass is 458 g/mol. The van der Waals surface area contributed by atoms with Crippen LogP contribution in [0, 0.1) is 0 Å². The number of amides is 2. The summed E-state index contributed by atoms with van der Waals surface area (Å²) in [5.74, 6) is 1.67. The first-order valence-corrected chi connectivity index (χ1v) is 11.5. The van der Waals surface area contributed by atoms with Crippen LogP contribution in [0.25, 0.3) is 16.3 Å². The van der Waals surface area contributed by atoms with E-state index in [0.29, 0.717) is 18.3 Å². The number of carbonyl (C=O) groups excluding carboxylic acids is 1. The standard InChI is InChI=1S/C25H22N4O3S/c1-3-31-19-13-11-17(12-14-19)22-21(24-27-23(28-32-24)20-10-7-15-33-20)16(2)29(25(30)26-22)18-8-5-4-6-9-18/h4-15,22H,3H2,1-2H3,(H,26,30). The van der Waals surface area contributed by atoms with Crippen molar-refractivity contribution in [2.45, 2.75) is 19.9 Å². The van der Waals surface area contributed by atoms with Crippen LogP contribution in [0.4, 0.5) is 10.5 Å². The summed E-state index contributed by atoms with van der Waals surface area (Å²) in [5, 5.41) is 9.28. The molecule has 0 fully saturated rings. The number of carbonyl (C=O) groups is 1. The molecule has 0 saturated carbocycles. The van der Waals surface area contributed by atoms with Crippen molar-refractivity contribution in [1.29, 1.82) is 0 Å². The fourth-order valence-corrected chi connectivity index (χ4v) is 4.57. The van der Waals surface area contributed by atoms with Crippen LogP contribution in [0.3, 0.4) is 0 Å². The molecule has 0 aliphatic carbocycles. The van der Waals surface area contributed by atoms with Crippen molar-refractivity contribution < 1.29 is 14.1 Å². The van der Waals surface area contributed by atoms with E-state index < -0.39 is 6.04 Å². The fourth-order valence-electron chi connectivity index (χ4n) is 3.92. The van der Waals surface area contributed by atoms with E-state index in [-0.39, 0.29) is 6.03 Å². The molecule has 0 bridgehead atoms. The number of anilines is 1. The number of ether oxygens (including phenoxy) is 1. The van der Waals surface area contributed by atoms with Gasteiger partial charge in [0, 0.05) is 5.70 Å². The number of thiophene rings is 1. The molecule has 0 spiro atoms. The summed E-state index contributed by atoms with van der Waals surface area (Å²) >= 11 is 1.54. The molecular weight excluding hydrogens is 436 g/mol. The SMILES string of the molecule is CCOc1ccc(C2NC(=O)N(c3ccccc3)C(C)=C2c2nc(-c3cccs3)no2)cc1. The maximum Gasteiger partial charge on any atom is 0.326 e. The van der Waals surface area contributed by atoms with Gasteiger partial charge in [0.1, 0.15) is 5.75 Å². The summed E-state index contributed by atoms with van der Waals surface area (Å²) < 4.78 is 11.3. The van der Waals surface area contributed by atoms with Crippen LogP contribution >= 0.6 is 11.3 Å². The van der Waals surface area contributed by atoms with Crippen molar-refractivity contribution >= 4 is 28.6 Å². The quantitative estimate of drug-likeness (QED) is 0.389. The van der Waals surface area contributed by atoms with Crippen LogP contribution in [0.5, 0.6) is 5.75 Å². The van der Waals surface area contributed by atoms with E-state index in [0.717, 1.165) is 33.1 Å². The Hall–Kier alpha value is -3.91. The predicted molar refractivity (Wildman–Crippen MR) is 128 cm³/mol. The Kier molecular flexibility index (Phi) is 5.66. The summed E-state index contributed by atoms with van der Waals surface area (Å²) in [5.41, 5.74) is 3.13. The maximum absolute atomic E-state index is 13.2. The fraction of sp³-hybridized carbons (Fsp3) is 0.160. The molecule has 8 heteroatoms. The van der Waals surface area contributed by atoms with Gasteiger partial charge in [-0.15, -0.1) is 11.3 Å². The molecule has 4 aromatic rings. The molecule has 1 aliphatic rings. The van der Waals surface area contributed by atoms with E-state index in [1.807, 2.05) is 86.0 Å². The number of nitrogens with one attached hydrogen (secondary N) is 1. The molecule has 1 aliphatic heterocycles. The Balaban J connectivity index is 1.62. The van der Waals surface area contributed by atoms with Crippen LogP contribution < -0.4 is 15.0 Å². The lowest BCUT2D eigenvalue weighted by molar-refractivity contribution is 0.244. The van der Waals surface area contributed by atoms with Gasteiger partial charge in [0.15, 0.2) is 0 Å². The lowest BCUT2D eigenvalue weighted by atomic mass is 9.94. The third kappa shape index (κ3) is 4.01. The zero-order chi connectivity index (χ0) is 22.8. The van der Waals surface area contributed by atoms with Gasteiger partial charge in [0.05, 0.1) is 28.8 Å². The molecule has 5 rings (SSSR count). The zero-order valence-electron chi connectivity index (χ0n) is 18.2. The first kappa shape index (κ1) is 21.0. The molecule has 0 radical (unpaired) electrons. The summed E-state index contributed by atoms with van der Waals surface area (Å²) in [6.45, 7) is 4.43. The number of allylic oxidation sites excluding steroid dienone is 1. The largest absolute Gasteiger partial charge is 0.494 e. The van der Waals surface area contributed by atoms with Crippen LogP contribution in [0.15, 0.2) is 82.3 Å². The van der Waals surface area contributed by atoms with Crippen molar-refractivity contribution in [2.75, 3.05) is 11.5 Å². The third-order valence-electron chi connectivity index (χ3n) is 5.42. The van der Waals surface area contributed by atoms with E-state index in [1.165, 1.54) is 0 Å². The smallest absolute Gasteiger partial charge is 0.326 e. The Bertz CT molecular complexity index is 1280. The first-order chi connectivity index (χ1) is 16.2. The minimum absolute atomic E-state index is 0.223. The van der Waals surface area contributed by atoms with Crippen molar-refractivity contribution in [3.63, 3.8) is 0 Å². The normalized spacial score (nSPS) is 16.1. The Morgan fingerprint density at radius 3 is 2.58 bits per heavy atom. The minimum atomic E-state index is -0.454. The molecule has 0 saturated heterocycles. The van der Waals surface area contributed by atoms with E-state index in [4.69, 9.17) is 9.26 Å². The van der Waals surface area contributed by atoms with Crippen LogP contribution in [-0.4, -0.2) is 22.8 Å². The van der Waals surface area contributed by atoms with Crippen molar-refractivity contribution in [1.82, 2.24) is 15.5 Å². The summed E-state index contributed by atoms with van der Waals surface area (Å²) in [6, 6.07) is 20.4. The van der Waals surface area contributed by atoms with E-state index in [9.17, 15) is 4.79 Å². The van der Waals surface area contributed by atoms with Crippen LogP contribution in [0.2, 0.25) is 0 Å². The third-order valence-corrected chi connectivity index (χ3v) is 6.29. The van der Waals surface area contributed by atoms with Gasteiger partial charge in [-0.2, -0.15) is 4.98 Å². The Morgan fingerprint density at radius 1 is 1.09 bits per heavy atom. The van der Waals surface area contributed by atoms with Crippen molar-refractivity contribution in [3.8, 4) is 16.5 Å². The molecule has 166 valence electrons. The second-order valence-corrected chi connectivity index (χ2v) is 8.40. The maximum atomic E-state index is 13.2. The highest BCUT2D eigenvalue weighted by molar-refractivity contribution is 7.13. The first-order valence-electron chi connectivity index (χ1n) is 10.6. The number of aromatic nitrogens is 2. The number of rotatable bonds is 6. The summed E-state index contributed by atoms with van der Waals surface area (Å²) in [4.78, 5) is 20.4. The molecular formula is C25H22N4O3S. The highest BCUT2D eigenvalue weighted by atomic mass is 32.1. The van der Waals surface area contributed by atoms with Gasteiger partial charge in [-0.3, -0.25) is 4.90 Å². The average Bonchev–Trinajstić information content (AvgIpc) is 3.53. The summed E-state index contributed by atoms with van der Waals surface area (Å²) in [7, 11) is 0. The van der Waals surface area contributed by atoms with Gasteiger partial charge < -0.3 is 14.6 Å². The Labute approximate surface area is 195 Å². The minimum Gasteiger partial charge on any atom is -0.494 e.